The second-order valence-electron chi connectivity index (χ2n) is 5.90. The van der Waals surface area contributed by atoms with E-state index in [1.807, 2.05) is 6.92 Å². The van der Waals surface area contributed by atoms with E-state index < -0.39 is 17.9 Å². The van der Waals surface area contributed by atoms with E-state index in [0.29, 0.717) is 12.9 Å². The fraction of sp³-hybridized carbons (Fsp3) is 0.786. The maximum absolute atomic E-state index is 12.9. The molecule has 0 spiro atoms. The van der Waals surface area contributed by atoms with Crippen molar-refractivity contribution in [2.24, 2.45) is 5.22 Å². The summed E-state index contributed by atoms with van der Waals surface area (Å²) in [5.74, 6) is 0. The normalized spacial score (nSPS) is 13.7. The Labute approximate surface area is 137 Å². The summed E-state index contributed by atoms with van der Waals surface area (Å²) in [5, 5.41) is 8.82. The first-order chi connectivity index (χ1) is 10.6. The summed E-state index contributed by atoms with van der Waals surface area (Å²) in [6.45, 7) is 9.33. The SMILES string of the molecule is CCN(N=N)N(C)C(C)OC/C(=C/F)CNC(=O)OC(C)(C)C. The zero-order chi connectivity index (χ0) is 18.0. The third-order valence-corrected chi connectivity index (χ3v) is 2.81. The van der Waals surface area contributed by atoms with Gasteiger partial charge >= 0.3 is 6.09 Å². The minimum Gasteiger partial charge on any atom is -0.444 e. The summed E-state index contributed by atoms with van der Waals surface area (Å²) in [5.41, 5.74) is 6.70. The number of hydrogen-bond donors (Lipinski definition) is 2. The molecule has 0 bridgehead atoms. The number of halogens is 1. The maximum Gasteiger partial charge on any atom is 0.407 e. The Hall–Kier alpha value is -1.74. The third-order valence-electron chi connectivity index (χ3n) is 2.81. The number of carbonyl (C=O) groups excluding carboxylic acids is 1. The molecule has 0 heterocycles. The molecular formula is C14H28FN5O3. The van der Waals surface area contributed by atoms with Crippen LogP contribution in [-0.4, -0.2) is 54.8 Å². The molecule has 1 atom stereocenters. The van der Waals surface area contributed by atoms with Gasteiger partial charge in [0.25, 0.3) is 0 Å². The molecule has 1 unspecified atom stereocenters. The summed E-state index contributed by atoms with van der Waals surface area (Å²) < 4.78 is 23.5. The van der Waals surface area contributed by atoms with E-state index in [2.05, 4.69) is 10.5 Å². The molecule has 0 rings (SSSR count). The average Bonchev–Trinajstić information content (AvgIpc) is 2.46. The van der Waals surface area contributed by atoms with Crippen LogP contribution in [0.3, 0.4) is 0 Å². The van der Waals surface area contributed by atoms with Crippen molar-refractivity contribution < 1.29 is 18.7 Å². The smallest absolute Gasteiger partial charge is 0.407 e. The van der Waals surface area contributed by atoms with Crippen molar-refractivity contribution in [1.29, 1.82) is 5.53 Å². The standard InChI is InChI=1S/C14H28FN5O3/c1-7-20(18-16)19(6)11(2)22-10-12(8-15)9-17-13(21)23-14(3,4)5/h8,11,16H,7,9-10H2,1-6H3,(H,17,21)/b12-8+,18-16?. The summed E-state index contributed by atoms with van der Waals surface area (Å²) in [6.07, 6.45) is -0.635. The lowest BCUT2D eigenvalue weighted by atomic mass is 10.2. The molecule has 8 nitrogen and oxygen atoms in total. The topological polar surface area (TPSA) is 90.3 Å². The zero-order valence-corrected chi connectivity index (χ0v) is 14.7. The number of alkyl carbamates (subject to hydrolysis) is 1. The number of ether oxygens (including phenoxy) is 2. The summed E-state index contributed by atoms with van der Waals surface area (Å²) in [6, 6.07) is 0. The van der Waals surface area contributed by atoms with Crippen molar-refractivity contribution in [2.45, 2.75) is 46.4 Å². The van der Waals surface area contributed by atoms with Gasteiger partial charge in [0.2, 0.25) is 0 Å². The van der Waals surface area contributed by atoms with Gasteiger partial charge in [0.05, 0.1) is 19.5 Å². The van der Waals surface area contributed by atoms with Crippen LogP contribution < -0.4 is 5.32 Å². The molecule has 9 heteroatoms. The predicted octanol–water partition coefficient (Wildman–Crippen LogP) is 2.84. The van der Waals surface area contributed by atoms with Crippen LogP contribution in [0.5, 0.6) is 0 Å². The number of hydrogen-bond acceptors (Lipinski definition) is 6. The van der Waals surface area contributed by atoms with Gasteiger partial charge in [-0.15, -0.1) is 0 Å². The molecule has 0 aliphatic carbocycles. The second kappa shape index (κ2) is 10.1. The molecule has 0 radical (unpaired) electrons. The predicted molar refractivity (Wildman–Crippen MR) is 84.1 cm³/mol. The van der Waals surface area contributed by atoms with Crippen LogP contribution in [0.1, 0.15) is 34.6 Å². The van der Waals surface area contributed by atoms with E-state index in [9.17, 15) is 9.18 Å². The Bertz CT molecular complexity index is 412. The Morgan fingerprint density at radius 2 is 2.09 bits per heavy atom. The monoisotopic (exact) mass is 333 g/mol. The minimum absolute atomic E-state index is 0.00659. The van der Waals surface area contributed by atoms with Gasteiger partial charge in [-0.2, -0.15) is 10.5 Å². The molecule has 0 aliphatic heterocycles. The molecule has 0 aliphatic rings. The highest BCUT2D eigenvalue weighted by Crippen LogP contribution is 2.08. The lowest BCUT2D eigenvalue weighted by Crippen LogP contribution is -2.43. The molecular weight excluding hydrogens is 305 g/mol. The Morgan fingerprint density at radius 3 is 2.52 bits per heavy atom. The lowest BCUT2D eigenvalue weighted by Gasteiger charge is -2.31. The first-order valence-electron chi connectivity index (χ1n) is 7.38. The second-order valence-corrected chi connectivity index (χ2v) is 5.90. The quantitative estimate of drug-likeness (QED) is 0.385. The number of hydrazine groups is 1. The number of nitrogens with zero attached hydrogens (tertiary/aromatic N) is 3. The molecule has 0 fully saturated rings. The largest absolute Gasteiger partial charge is 0.444 e. The Kier molecular flexibility index (Phi) is 9.35. The Balaban J connectivity index is 4.30. The number of nitrogens with one attached hydrogen (secondary N) is 2. The van der Waals surface area contributed by atoms with Crippen LogP contribution >= 0.6 is 0 Å². The van der Waals surface area contributed by atoms with E-state index in [-0.39, 0.29) is 18.7 Å². The van der Waals surface area contributed by atoms with Crippen molar-refractivity contribution in [1.82, 2.24) is 15.4 Å². The van der Waals surface area contributed by atoms with Gasteiger partial charge in [-0.1, -0.05) is 5.22 Å². The molecule has 1 amide bonds. The third kappa shape index (κ3) is 9.09. The van der Waals surface area contributed by atoms with Crippen molar-refractivity contribution in [3.8, 4) is 0 Å². The Morgan fingerprint density at radius 1 is 1.48 bits per heavy atom. The number of amides is 1. The van der Waals surface area contributed by atoms with Crippen molar-refractivity contribution >= 4 is 6.09 Å². The molecule has 0 aromatic heterocycles. The summed E-state index contributed by atoms with van der Waals surface area (Å²) in [7, 11) is 1.71. The molecule has 0 saturated carbocycles. The van der Waals surface area contributed by atoms with E-state index >= 15 is 0 Å². The fourth-order valence-corrected chi connectivity index (χ4v) is 1.51. The van der Waals surface area contributed by atoms with E-state index in [1.54, 1.807) is 39.8 Å². The van der Waals surface area contributed by atoms with Gasteiger partial charge in [-0.3, -0.25) is 0 Å². The van der Waals surface area contributed by atoms with Gasteiger partial charge in [0, 0.05) is 19.2 Å². The van der Waals surface area contributed by atoms with E-state index in [0.717, 1.165) is 0 Å². The first kappa shape index (κ1) is 21.3. The number of carbonyl (C=O) groups is 1. The zero-order valence-electron chi connectivity index (χ0n) is 14.7. The molecule has 134 valence electrons. The van der Waals surface area contributed by atoms with Crippen LogP contribution in [0, 0.1) is 5.53 Å². The van der Waals surface area contributed by atoms with Gasteiger partial charge in [-0.05, 0) is 34.6 Å². The fourth-order valence-electron chi connectivity index (χ4n) is 1.51. The number of rotatable bonds is 9. The van der Waals surface area contributed by atoms with Crippen molar-refractivity contribution in [2.75, 3.05) is 26.7 Å². The molecule has 0 saturated heterocycles. The minimum atomic E-state index is -0.618. The molecule has 0 aromatic rings. The summed E-state index contributed by atoms with van der Waals surface area (Å²) >= 11 is 0. The van der Waals surface area contributed by atoms with Gasteiger partial charge in [-0.25, -0.2) is 14.3 Å². The highest BCUT2D eigenvalue weighted by molar-refractivity contribution is 5.68. The molecule has 0 aromatic carbocycles. The van der Waals surface area contributed by atoms with E-state index in [4.69, 9.17) is 15.0 Å². The molecule has 2 N–H and O–H groups in total. The first-order valence-corrected chi connectivity index (χ1v) is 7.38. The van der Waals surface area contributed by atoms with Crippen LogP contribution in [0.15, 0.2) is 17.1 Å². The van der Waals surface area contributed by atoms with Crippen molar-refractivity contribution in [3.05, 3.63) is 11.9 Å². The van der Waals surface area contributed by atoms with Crippen molar-refractivity contribution in [3.63, 3.8) is 0 Å². The van der Waals surface area contributed by atoms with Gasteiger partial charge < -0.3 is 14.8 Å². The highest BCUT2D eigenvalue weighted by Gasteiger charge is 2.18. The maximum atomic E-state index is 12.9. The summed E-state index contributed by atoms with van der Waals surface area (Å²) in [4.78, 5) is 11.5. The van der Waals surface area contributed by atoms with Crippen LogP contribution in [0.25, 0.3) is 0 Å². The van der Waals surface area contributed by atoms with Crippen LogP contribution in [-0.2, 0) is 9.47 Å². The van der Waals surface area contributed by atoms with Gasteiger partial charge in [0.1, 0.15) is 11.8 Å². The van der Waals surface area contributed by atoms with E-state index in [1.165, 1.54) is 5.12 Å². The average molecular weight is 333 g/mol. The van der Waals surface area contributed by atoms with Gasteiger partial charge in [0.15, 0.2) is 0 Å². The lowest BCUT2D eigenvalue weighted by molar-refractivity contribution is -0.142. The van der Waals surface area contributed by atoms with Crippen LogP contribution in [0.2, 0.25) is 0 Å². The van der Waals surface area contributed by atoms with Crippen LogP contribution in [0.4, 0.5) is 9.18 Å². The molecule has 23 heavy (non-hydrogen) atoms. The highest BCUT2D eigenvalue weighted by atomic mass is 19.1.